The molecule has 0 bridgehead atoms. The number of nitrogens with one attached hydrogen (secondary N) is 1. The standard InChI is InChI=1S/C21H23N3O4/c25-20(27-15-16-6-2-1-3-7-16)23-13-11-22-17(14-23)10-12-24-18-8-4-5-9-19(18)28-21(24)26/h1-9,17,22H,10-15H2/t17-/m1/s1. The number of hydrogen-bond donors (Lipinski definition) is 1. The minimum absolute atomic E-state index is 0.0959. The Bertz CT molecular complexity index is 996. The van der Waals surface area contributed by atoms with E-state index in [0.717, 1.165) is 11.1 Å². The van der Waals surface area contributed by atoms with E-state index in [0.29, 0.717) is 38.2 Å². The molecule has 7 heteroatoms. The van der Waals surface area contributed by atoms with Crippen LogP contribution in [0.15, 0.2) is 63.8 Å². The lowest BCUT2D eigenvalue weighted by Gasteiger charge is -2.33. The quantitative estimate of drug-likeness (QED) is 0.735. The minimum atomic E-state index is -0.351. The summed E-state index contributed by atoms with van der Waals surface area (Å²) in [6.07, 6.45) is 0.410. The molecule has 1 N–H and O–H groups in total. The highest BCUT2D eigenvalue weighted by molar-refractivity contribution is 5.72. The highest BCUT2D eigenvalue weighted by atomic mass is 16.6. The molecule has 0 aliphatic carbocycles. The lowest BCUT2D eigenvalue weighted by atomic mass is 10.1. The monoisotopic (exact) mass is 381 g/mol. The summed E-state index contributed by atoms with van der Waals surface area (Å²) in [6.45, 7) is 2.66. The fourth-order valence-electron chi connectivity index (χ4n) is 3.51. The Morgan fingerprint density at radius 1 is 1.14 bits per heavy atom. The van der Waals surface area contributed by atoms with Crippen molar-refractivity contribution >= 4 is 17.2 Å². The van der Waals surface area contributed by atoms with E-state index in [2.05, 4.69) is 5.32 Å². The molecule has 0 unspecified atom stereocenters. The number of benzene rings is 2. The Labute approximate surface area is 162 Å². The molecule has 146 valence electrons. The van der Waals surface area contributed by atoms with Gasteiger partial charge in [-0.15, -0.1) is 0 Å². The fourth-order valence-corrected chi connectivity index (χ4v) is 3.51. The summed E-state index contributed by atoms with van der Waals surface area (Å²) in [6, 6.07) is 17.1. The number of ether oxygens (including phenoxy) is 1. The van der Waals surface area contributed by atoms with Gasteiger partial charge in [0.2, 0.25) is 0 Å². The molecule has 1 aliphatic rings. The summed E-state index contributed by atoms with van der Waals surface area (Å²) in [5.74, 6) is -0.351. The molecule has 1 aromatic heterocycles. The van der Waals surface area contributed by atoms with E-state index >= 15 is 0 Å². The number of amides is 1. The number of aryl methyl sites for hydroxylation is 1. The maximum atomic E-state index is 12.4. The molecule has 2 aromatic carbocycles. The normalized spacial score (nSPS) is 17.0. The molecule has 0 radical (unpaired) electrons. The van der Waals surface area contributed by atoms with E-state index in [4.69, 9.17) is 9.15 Å². The van der Waals surface area contributed by atoms with Crippen LogP contribution in [0.1, 0.15) is 12.0 Å². The topological polar surface area (TPSA) is 76.7 Å². The van der Waals surface area contributed by atoms with Crippen LogP contribution in [-0.2, 0) is 17.9 Å². The van der Waals surface area contributed by atoms with Gasteiger partial charge in [-0.3, -0.25) is 4.57 Å². The van der Waals surface area contributed by atoms with Gasteiger partial charge in [0.05, 0.1) is 5.52 Å². The van der Waals surface area contributed by atoms with Crippen LogP contribution in [0.5, 0.6) is 0 Å². The summed E-state index contributed by atoms with van der Waals surface area (Å²) in [4.78, 5) is 26.2. The van der Waals surface area contributed by atoms with Crippen LogP contribution in [-0.4, -0.2) is 41.2 Å². The maximum absolute atomic E-state index is 12.4. The van der Waals surface area contributed by atoms with Crippen molar-refractivity contribution in [3.63, 3.8) is 0 Å². The van der Waals surface area contributed by atoms with Crippen molar-refractivity contribution in [1.29, 1.82) is 0 Å². The second-order valence-corrected chi connectivity index (χ2v) is 6.91. The fraction of sp³-hybridized carbons (Fsp3) is 0.333. The molecule has 7 nitrogen and oxygen atoms in total. The number of para-hydroxylation sites is 2. The predicted octanol–water partition coefficient (Wildman–Crippen LogP) is 2.60. The first-order valence-corrected chi connectivity index (χ1v) is 9.48. The molecular formula is C21H23N3O4. The van der Waals surface area contributed by atoms with Gasteiger partial charge in [0.15, 0.2) is 5.58 Å². The predicted molar refractivity (Wildman–Crippen MR) is 105 cm³/mol. The number of carbonyl (C=O) groups is 1. The molecular weight excluding hydrogens is 358 g/mol. The summed E-state index contributed by atoms with van der Waals surface area (Å²) < 4.78 is 12.3. The van der Waals surface area contributed by atoms with Crippen molar-refractivity contribution in [2.45, 2.75) is 25.6 Å². The van der Waals surface area contributed by atoms with Crippen LogP contribution in [0.3, 0.4) is 0 Å². The number of oxazole rings is 1. The number of nitrogens with zero attached hydrogens (tertiary/aromatic N) is 2. The van der Waals surface area contributed by atoms with Gasteiger partial charge >= 0.3 is 11.8 Å². The number of aromatic nitrogens is 1. The number of fused-ring (bicyclic) bond motifs is 1. The van der Waals surface area contributed by atoms with Crippen LogP contribution in [0.25, 0.3) is 11.1 Å². The molecule has 1 saturated heterocycles. The lowest BCUT2D eigenvalue weighted by Crippen LogP contribution is -2.53. The molecule has 3 aromatic rings. The molecule has 1 amide bonds. The maximum Gasteiger partial charge on any atom is 0.419 e. The second-order valence-electron chi connectivity index (χ2n) is 6.91. The third kappa shape index (κ3) is 4.09. The van der Waals surface area contributed by atoms with E-state index in [9.17, 15) is 9.59 Å². The van der Waals surface area contributed by atoms with Gasteiger partial charge in [-0.25, -0.2) is 9.59 Å². The summed E-state index contributed by atoms with van der Waals surface area (Å²) in [5, 5.41) is 3.41. The van der Waals surface area contributed by atoms with Gasteiger partial charge < -0.3 is 19.4 Å². The molecule has 2 heterocycles. The Kier molecular flexibility index (Phi) is 5.43. The van der Waals surface area contributed by atoms with Gasteiger partial charge in [-0.2, -0.15) is 0 Å². The first-order valence-electron chi connectivity index (χ1n) is 9.48. The van der Waals surface area contributed by atoms with Gasteiger partial charge in [-0.1, -0.05) is 42.5 Å². The second kappa shape index (κ2) is 8.31. The van der Waals surface area contributed by atoms with Gasteiger partial charge in [0, 0.05) is 32.2 Å². The van der Waals surface area contributed by atoms with E-state index in [1.54, 1.807) is 15.5 Å². The Balaban J connectivity index is 1.33. The SMILES string of the molecule is O=C(OCc1ccccc1)N1CCN[C@H](CCn2c(=O)oc3ccccc32)C1. The van der Waals surface area contributed by atoms with Crippen LogP contribution in [0.2, 0.25) is 0 Å². The van der Waals surface area contributed by atoms with Crippen molar-refractivity contribution in [2.24, 2.45) is 0 Å². The van der Waals surface area contributed by atoms with Crippen molar-refractivity contribution in [3.05, 3.63) is 70.7 Å². The van der Waals surface area contributed by atoms with E-state index in [1.807, 2.05) is 48.5 Å². The van der Waals surface area contributed by atoms with Crippen molar-refractivity contribution in [3.8, 4) is 0 Å². The van der Waals surface area contributed by atoms with Crippen molar-refractivity contribution in [1.82, 2.24) is 14.8 Å². The Hall–Kier alpha value is -3.06. The molecule has 0 spiro atoms. The van der Waals surface area contributed by atoms with E-state index in [1.165, 1.54) is 0 Å². The third-order valence-electron chi connectivity index (χ3n) is 4.99. The number of piperazine rings is 1. The van der Waals surface area contributed by atoms with Crippen LogP contribution in [0, 0.1) is 0 Å². The largest absolute Gasteiger partial charge is 0.445 e. The minimum Gasteiger partial charge on any atom is -0.445 e. The van der Waals surface area contributed by atoms with Gasteiger partial charge in [0.25, 0.3) is 0 Å². The third-order valence-corrected chi connectivity index (χ3v) is 4.99. The van der Waals surface area contributed by atoms with E-state index in [-0.39, 0.29) is 24.5 Å². The highest BCUT2D eigenvalue weighted by Crippen LogP contribution is 2.14. The molecule has 28 heavy (non-hydrogen) atoms. The molecule has 1 fully saturated rings. The number of carbonyl (C=O) groups excluding carboxylic acids is 1. The zero-order valence-electron chi connectivity index (χ0n) is 15.5. The van der Waals surface area contributed by atoms with Crippen LogP contribution < -0.4 is 11.1 Å². The summed E-state index contributed by atoms with van der Waals surface area (Å²) >= 11 is 0. The first kappa shape index (κ1) is 18.3. The average molecular weight is 381 g/mol. The van der Waals surface area contributed by atoms with Crippen molar-refractivity contribution in [2.75, 3.05) is 19.6 Å². The van der Waals surface area contributed by atoms with Crippen LogP contribution >= 0.6 is 0 Å². The number of hydrogen-bond acceptors (Lipinski definition) is 5. The Morgan fingerprint density at radius 2 is 1.93 bits per heavy atom. The first-order chi connectivity index (χ1) is 13.7. The summed E-state index contributed by atoms with van der Waals surface area (Å²) in [7, 11) is 0. The molecule has 4 rings (SSSR count). The zero-order chi connectivity index (χ0) is 19.3. The zero-order valence-corrected chi connectivity index (χ0v) is 15.5. The molecule has 1 aliphatic heterocycles. The highest BCUT2D eigenvalue weighted by Gasteiger charge is 2.24. The van der Waals surface area contributed by atoms with Crippen molar-refractivity contribution < 1.29 is 13.9 Å². The smallest absolute Gasteiger partial charge is 0.419 e. The van der Waals surface area contributed by atoms with E-state index < -0.39 is 0 Å². The van der Waals surface area contributed by atoms with Gasteiger partial charge in [0.1, 0.15) is 6.61 Å². The number of rotatable bonds is 5. The Morgan fingerprint density at radius 3 is 2.79 bits per heavy atom. The molecule has 1 atom stereocenters. The molecule has 0 saturated carbocycles. The lowest BCUT2D eigenvalue weighted by molar-refractivity contribution is 0.0838. The average Bonchev–Trinajstić information content (AvgIpc) is 3.06. The van der Waals surface area contributed by atoms with Gasteiger partial charge in [-0.05, 0) is 24.1 Å². The van der Waals surface area contributed by atoms with Crippen LogP contribution in [0.4, 0.5) is 4.79 Å². The summed E-state index contributed by atoms with van der Waals surface area (Å²) in [5.41, 5.74) is 2.35.